The lowest BCUT2D eigenvalue weighted by Crippen LogP contribution is -2.62. The van der Waals surface area contributed by atoms with E-state index in [1.54, 1.807) is 11.3 Å². The number of hydrogen-bond donors (Lipinski definition) is 1. The van der Waals surface area contributed by atoms with E-state index in [-0.39, 0.29) is 23.0 Å². The summed E-state index contributed by atoms with van der Waals surface area (Å²) in [4.78, 5) is 20.3. The molecule has 1 saturated heterocycles. The van der Waals surface area contributed by atoms with Crippen LogP contribution < -0.4 is 5.32 Å². The Hall–Kier alpha value is -1.72. The fourth-order valence-electron chi connectivity index (χ4n) is 4.68. The van der Waals surface area contributed by atoms with Gasteiger partial charge in [0.25, 0.3) is 5.91 Å². The van der Waals surface area contributed by atoms with E-state index in [0.717, 1.165) is 43.7 Å². The fraction of sp³-hybridized carbons (Fsp3) is 0.583. The molecular formula is C24H35N3OS. The Morgan fingerprint density at radius 1 is 1.17 bits per heavy atom. The highest BCUT2D eigenvalue weighted by Crippen LogP contribution is 2.32. The number of nitrogens with one attached hydrogen (secondary N) is 1. The lowest BCUT2D eigenvalue weighted by molar-refractivity contribution is 0.0437. The summed E-state index contributed by atoms with van der Waals surface area (Å²) in [5, 5.41) is 6.67. The Morgan fingerprint density at radius 2 is 1.83 bits per heavy atom. The molecule has 29 heavy (non-hydrogen) atoms. The number of thiazole rings is 1. The molecule has 1 aliphatic rings. The highest BCUT2D eigenvalue weighted by atomic mass is 32.1. The van der Waals surface area contributed by atoms with Gasteiger partial charge in [-0.05, 0) is 52.5 Å². The van der Waals surface area contributed by atoms with Crippen LogP contribution in [0.25, 0.3) is 0 Å². The van der Waals surface area contributed by atoms with E-state index in [1.165, 1.54) is 5.56 Å². The number of rotatable bonds is 7. The van der Waals surface area contributed by atoms with E-state index in [9.17, 15) is 4.79 Å². The van der Waals surface area contributed by atoms with E-state index in [1.807, 2.05) is 23.6 Å². The first-order valence-corrected chi connectivity index (χ1v) is 11.7. The minimum absolute atomic E-state index is 0.0116. The van der Waals surface area contributed by atoms with Gasteiger partial charge in [0.05, 0.1) is 5.01 Å². The second kappa shape index (κ2) is 8.97. The summed E-state index contributed by atoms with van der Waals surface area (Å²) in [5.41, 5.74) is 1.85. The van der Waals surface area contributed by atoms with Crippen molar-refractivity contribution in [1.82, 2.24) is 15.2 Å². The molecule has 1 amide bonds. The number of benzene rings is 1. The van der Waals surface area contributed by atoms with E-state index < -0.39 is 0 Å². The Balaban J connectivity index is 1.79. The number of nitrogens with zero attached hydrogens (tertiary/aromatic N) is 2. The van der Waals surface area contributed by atoms with Gasteiger partial charge in [-0.15, -0.1) is 11.3 Å². The molecule has 2 heterocycles. The van der Waals surface area contributed by atoms with Crippen LogP contribution in [0.4, 0.5) is 0 Å². The number of piperidine rings is 1. The molecule has 0 spiro atoms. The summed E-state index contributed by atoms with van der Waals surface area (Å²) in [6.45, 7) is 11.9. The molecule has 0 saturated carbocycles. The number of unbranched alkanes of at least 4 members (excludes halogenated alkanes) is 1. The van der Waals surface area contributed by atoms with Gasteiger partial charge >= 0.3 is 0 Å². The summed E-state index contributed by atoms with van der Waals surface area (Å²) in [6.07, 6.45) is 4.82. The zero-order valence-electron chi connectivity index (χ0n) is 18.5. The molecular weight excluding hydrogens is 378 g/mol. The summed E-state index contributed by atoms with van der Waals surface area (Å²) >= 11 is 1.59. The first-order valence-electron chi connectivity index (χ1n) is 10.8. The Kier molecular flexibility index (Phi) is 6.79. The van der Waals surface area contributed by atoms with Crippen molar-refractivity contribution in [2.75, 3.05) is 6.54 Å². The van der Waals surface area contributed by atoms with E-state index in [2.05, 4.69) is 57.0 Å². The maximum absolute atomic E-state index is 13.5. The Morgan fingerprint density at radius 3 is 2.45 bits per heavy atom. The Labute approximate surface area is 179 Å². The maximum Gasteiger partial charge on any atom is 0.273 e. The van der Waals surface area contributed by atoms with E-state index in [4.69, 9.17) is 4.98 Å². The van der Waals surface area contributed by atoms with Crippen molar-refractivity contribution < 1.29 is 4.79 Å². The summed E-state index contributed by atoms with van der Waals surface area (Å²) in [6, 6.07) is 10.6. The molecule has 0 radical (unpaired) electrons. The zero-order chi connectivity index (χ0) is 21.1. The van der Waals surface area contributed by atoms with Gasteiger partial charge in [0.15, 0.2) is 0 Å². The predicted octanol–water partition coefficient (Wildman–Crippen LogP) is 5.29. The van der Waals surface area contributed by atoms with Gasteiger partial charge in [0.1, 0.15) is 5.69 Å². The highest BCUT2D eigenvalue weighted by Gasteiger charge is 2.41. The highest BCUT2D eigenvalue weighted by molar-refractivity contribution is 7.09. The van der Waals surface area contributed by atoms with Crippen LogP contribution >= 0.6 is 11.3 Å². The predicted molar refractivity (Wildman–Crippen MR) is 122 cm³/mol. The average Bonchev–Trinajstić information content (AvgIpc) is 3.08. The second-order valence-corrected chi connectivity index (χ2v) is 10.5. The smallest absolute Gasteiger partial charge is 0.273 e. The third-order valence-corrected chi connectivity index (χ3v) is 6.44. The van der Waals surface area contributed by atoms with Crippen LogP contribution in [-0.4, -0.2) is 39.5 Å². The summed E-state index contributed by atoms with van der Waals surface area (Å²) < 4.78 is 0. The lowest BCUT2D eigenvalue weighted by Gasteiger charge is -2.49. The first kappa shape index (κ1) is 22.0. The van der Waals surface area contributed by atoms with Gasteiger partial charge in [-0.1, -0.05) is 43.7 Å². The SMILES string of the molecule is CCCCN(C(=O)c1csc(Cc2ccccc2)n1)C1CC(C)(C)NC(C)(C)C1. The van der Waals surface area contributed by atoms with Gasteiger partial charge in [-0.3, -0.25) is 4.79 Å². The minimum Gasteiger partial charge on any atom is -0.334 e. The Bertz CT molecular complexity index is 797. The molecule has 1 fully saturated rings. The molecule has 0 unspecified atom stereocenters. The zero-order valence-corrected chi connectivity index (χ0v) is 19.3. The topological polar surface area (TPSA) is 45.2 Å². The molecule has 158 valence electrons. The molecule has 0 bridgehead atoms. The van der Waals surface area contributed by atoms with Crippen molar-refractivity contribution in [2.45, 2.75) is 83.8 Å². The van der Waals surface area contributed by atoms with Gasteiger partial charge in [-0.25, -0.2) is 4.98 Å². The van der Waals surface area contributed by atoms with Gasteiger partial charge < -0.3 is 10.2 Å². The van der Waals surface area contributed by atoms with Crippen LogP contribution in [-0.2, 0) is 6.42 Å². The molecule has 5 heteroatoms. The molecule has 0 aliphatic carbocycles. The molecule has 3 rings (SSSR count). The van der Waals surface area contributed by atoms with Crippen LogP contribution in [0.2, 0.25) is 0 Å². The molecule has 2 aromatic rings. The van der Waals surface area contributed by atoms with Gasteiger partial charge in [-0.2, -0.15) is 0 Å². The normalized spacial score (nSPS) is 18.5. The molecule has 1 N–H and O–H groups in total. The quantitative estimate of drug-likeness (QED) is 0.671. The maximum atomic E-state index is 13.5. The second-order valence-electron chi connectivity index (χ2n) is 9.60. The number of amides is 1. The minimum atomic E-state index is 0.0116. The van der Waals surface area contributed by atoms with Crippen molar-refractivity contribution in [2.24, 2.45) is 0 Å². The fourth-order valence-corrected chi connectivity index (χ4v) is 5.48. The third kappa shape index (κ3) is 5.89. The molecule has 1 aromatic carbocycles. The monoisotopic (exact) mass is 413 g/mol. The summed E-state index contributed by atoms with van der Waals surface area (Å²) in [7, 11) is 0. The number of carbonyl (C=O) groups excluding carboxylic acids is 1. The van der Waals surface area contributed by atoms with Crippen LogP contribution in [0.1, 0.15) is 81.4 Å². The third-order valence-electron chi connectivity index (χ3n) is 5.59. The molecule has 1 aromatic heterocycles. The van der Waals surface area contributed by atoms with Crippen molar-refractivity contribution >= 4 is 17.2 Å². The van der Waals surface area contributed by atoms with E-state index >= 15 is 0 Å². The molecule has 4 nitrogen and oxygen atoms in total. The van der Waals surface area contributed by atoms with Gasteiger partial charge in [0.2, 0.25) is 0 Å². The van der Waals surface area contributed by atoms with E-state index in [0.29, 0.717) is 5.69 Å². The largest absolute Gasteiger partial charge is 0.334 e. The van der Waals surface area contributed by atoms with Crippen molar-refractivity contribution in [3.8, 4) is 0 Å². The van der Waals surface area contributed by atoms with Crippen LogP contribution in [0, 0.1) is 0 Å². The first-order chi connectivity index (χ1) is 13.7. The standard InChI is InChI=1S/C24H35N3OS/c1-6-7-13-27(19-15-23(2,3)26-24(4,5)16-19)22(28)20-17-29-21(25-20)14-18-11-9-8-10-12-18/h8-12,17,19,26H,6-7,13-16H2,1-5H3. The van der Waals surface area contributed by atoms with Crippen LogP contribution in [0.5, 0.6) is 0 Å². The molecule has 1 aliphatic heterocycles. The van der Waals surface area contributed by atoms with Crippen molar-refractivity contribution in [1.29, 1.82) is 0 Å². The average molecular weight is 414 g/mol. The van der Waals surface area contributed by atoms with Crippen molar-refractivity contribution in [3.05, 3.63) is 52.0 Å². The number of aromatic nitrogens is 1. The van der Waals surface area contributed by atoms with Crippen LogP contribution in [0.15, 0.2) is 35.7 Å². The van der Waals surface area contributed by atoms with Crippen molar-refractivity contribution in [3.63, 3.8) is 0 Å². The number of hydrogen-bond acceptors (Lipinski definition) is 4. The number of carbonyl (C=O) groups is 1. The summed E-state index contributed by atoms with van der Waals surface area (Å²) in [5.74, 6) is 0.0903. The van der Waals surface area contributed by atoms with Gasteiger partial charge in [0, 0.05) is 35.5 Å². The molecule has 0 atom stereocenters. The lowest BCUT2D eigenvalue weighted by atomic mass is 9.79. The van der Waals surface area contributed by atoms with Crippen LogP contribution in [0.3, 0.4) is 0 Å².